The fourth-order valence-corrected chi connectivity index (χ4v) is 6.93. The molecule has 9 heteroatoms. The van der Waals surface area contributed by atoms with Gasteiger partial charge >= 0.3 is 0 Å². The van der Waals surface area contributed by atoms with Crippen molar-refractivity contribution in [3.8, 4) is 5.75 Å². The molecule has 0 aliphatic rings. The molecule has 0 aliphatic heterocycles. The van der Waals surface area contributed by atoms with E-state index in [4.69, 9.17) is 16.3 Å². The maximum Gasteiger partial charge on any atom is 0.255 e. The largest absolute Gasteiger partial charge is 0.488 e. The van der Waals surface area contributed by atoms with E-state index in [0.29, 0.717) is 43.4 Å². The molecule has 0 unspecified atom stereocenters. The molecule has 0 aliphatic carbocycles. The molecule has 1 amide bonds. The molecule has 0 heterocycles. The van der Waals surface area contributed by atoms with Crippen molar-refractivity contribution in [1.29, 1.82) is 0 Å². The van der Waals surface area contributed by atoms with Gasteiger partial charge in [-0.05, 0) is 77.6 Å². The van der Waals surface area contributed by atoms with Crippen molar-refractivity contribution in [3.05, 3.63) is 160 Å². The monoisotopic (exact) mass is 696 g/mol. The van der Waals surface area contributed by atoms with Gasteiger partial charge in [0, 0.05) is 31.2 Å². The third-order valence-corrected chi connectivity index (χ3v) is 10.1. The van der Waals surface area contributed by atoms with E-state index in [1.165, 1.54) is 12.1 Å². The van der Waals surface area contributed by atoms with E-state index < -0.39 is 21.8 Å². The third-order valence-electron chi connectivity index (χ3n) is 8.14. The maximum atomic E-state index is 13.8. The number of ether oxygens (including phenoxy) is 1. The third kappa shape index (κ3) is 10.0. The molecule has 0 bridgehead atoms. The van der Waals surface area contributed by atoms with Crippen LogP contribution < -0.4 is 10.1 Å². The van der Waals surface area contributed by atoms with Crippen molar-refractivity contribution in [1.82, 2.24) is 10.2 Å². The lowest BCUT2D eigenvalue weighted by Gasteiger charge is -2.25. The Morgan fingerprint density at radius 3 is 2.16 bits per heavy atom. The van der Waals surface area contributed by atoms with Gasteiger partial charge < -0.3 is 15.2 Å². The van der Waals surface area contributed by atoms with Crippen molar-refractivity contribution in [2.45, 2.75) is 48.8 Å². The summed E-state index contributed by atoms with van der Waals surface area (Å²) in [6.45, 7) is 4.33. The molecule has 0 aromatic heterocycles. The highest BCUT2D eigenvalue weighted by Crippen LogP contribution is 2.28. The summed E-state index contributed by atoms with van der Waals surface area (Å²) in [6, 6.07) is 38.1. The van der Waals surface area contributed by atoms with Gasteiger partial charge in [-0.1, -0.05) is 103 Å². The van der Waals surface area contributed by atoms with E-state index in [1.807, 2.05) is 79.7 Å². The highest BCUT2D eigenvalue weighted by molar-refractivity contribution is 7.91. The molecular formula is C40H41ClN2O5S. The minimum atomic E-state index is -3.93. The number of sulfone groups is 1. The summed E-state index contributed by atoms with van der Waals surface area (Å²) in [5, 5.41) is 14.4. The highest BCUT2D eigenvalue weighted by Gasteiger charge is 2.23. The first kappa shape index (κ1) is 35.8. The van der Waals surface area contributed by atoms with Gasteiger partial charge in [0.1, 0.15) is 12.4 Å². The van der Waals surface area contributed by atoms with Gasteiger partial charge in [-0.25, -0.2) is 8.42 Å². The standard InChI is InChI=1S/C40H41ClN2O5S/c1-2-23-42-40(45)37-26-36(20-21-39(37)48-29-32-12-7-4-8-13-32)49(46,47)35-18-16-30(17-19-35)22-24-43(27-31-10-5-3-6-11-31)28-38(44)33-14-9-15-34(41)25-33/h3-21,25-26,38,44H,2,22-24,27-29H2,1H3,(H,42,45)/t38-/m0/s1. The average Bonchev–Trinajstić information content (AvgIpc) is 3.13. The number of rotatable bonds is 16. The fourth-order valence-electron chi connectivity index (χ4n) is 5.45. The zero-order valence-corrected chi connectivity index (χ0v) is 29.0. The maximum absolute atomic E-state index is 13.8. The van der Waals surface area contributed by atoms with E-state index in [-0.39, 0.29) is 22.0 Å². The zero-order chi connectivity index (χ0) is 34.6. The first-order valence-corrected chi connectivity index (χ1v) is 18.2. The molecule has 0 saturated carbocycles. The minimum absolute atomic E-state index is 0.0120. The molecule has 1 atom stereocenters. The quantitative estimate of drug-likeness (QED) is 0.110. The summed E-state index contributed by atoms with van der Waals surface area (Å²) in [4.78, 5) is 15.4. The van der Waals surface area contributed by atoms with Gasteiger partial charge in [0.25, 0.3) is 5.91 Å². The lowest BCUT2D eigenvalue weighted by atomic mass is 10.1. The Balaban J connectivity index is 1.30. The molecule has 0 radical (unpaired) electrons. The summed E-state index contributed by atoms with van der Waals surface area (Å²) in [6.07, 6.45) is 0.659. The van der Waals surface area contributed by atoms with Gasteiger partial charge in [0.05, 0.1) is 21.5 Å². The number of carbonyl (C=O) groups excluding carboxylic acids is 1. The summed E-state index contributed by atoms with van der Waals surface area (Å²) in [7, 11) is -3.93. The minimum Gasteiger partial charge on any atom is -0.488 e. The van der Waals surface area contributed by atoms with Crippen LogP contribution in [0.5, 0.6) is 5.75 Å². The summed E-state index contributed by atoms with van der Waals surface area (Å²) < 4.78 is 33.5. The van der Waals surface area contributed by atoms with Crippen LogP contribution >= 0.6 is 11.6 Å². The van der Waals surface area contributed by atoms with Crippen molar-refractivity contribution in [2.24, 2.45) is 0 Å². The van der Waals surface area contributed by atoms with Crippen LogP contribution in [-0.4, -0.2) is 44.0 Å². The zero-order valence-electron chi connectivity index (χ0n) is 27.5. The SMILES string of the molecule is CCCNC(=O)c1cc(S(=O)(=O)c2ccc(CCN(Cc3ccccc3)C[C@H](O)c3cccc(Cl)c3)cc2)ccc1OCc1ccccc1. The van der Waals surface area contributed by atoms with E-state index >= 15 is 0 Å². The molecule has 0 fully saturated rings. The van der Waals surface area contributed by atoms with Crippen molar-refractivity contribution < 1.29 is 23.1 Å². The van der Waals surface area contributed by atoms with E-state index in [2.05, 4.69) is 22.3 Å². The molecule has 0 spiro atoms. The summed E-state index contributed by atoms with van der Waals surface area (Å²) in [5.41, 5.74) is 3.93. The van der Waals surface area contributed by atoms with Crippen LogP contribution in [0.3, 0.4) is 0 Å². The van der Waals surface area contributed by atoms with E-state index in [9.17, 15) is 18.3 Å². The van der Waals surface area contributed by atoms with Crippen LogP contribution in [0.4, 0.5) is 0 Å². The predicted octanol–water partition coefficient (Wildman–Crippen LogP) is 7.67. The van der Waals surface area contributed by atoms with Crippen molar-refractivity contribution >= 4 is 27.3 Å². The van der Waals surface area contributed by atoms with Crippen LogP contribution in [0.25, 0.3) is 0 Å². The van der Waals surface area contributed by atoms with Gasteiger partial charge in [0.15, 0.2) is 0 Å². The summed E-state index contributed by atoms with van der Waals surface area (Å²) >= 11 is 6.17. The lowest BCUT2D eigenvalue weighted by Crippen LogP contribution is -2.30. The number of aliphatic hydroxyl groups excluding tert-OH is 1. The van der Waals surface area contributed by atoms with Crippen LogP contribution in [0.15, 0.2) is 137 Å². The van der Waals surface area contributed by atoms with E-state index in [0.717, 1.165) is 28.7 Å². The molecule has 5 aromatic carbocycles. The lowest BCUT2D eigenvalue weighted by molar-refractivity contribution is 0.0948. The average molecular weight is 697 g/mol. The smallest absolute Gasteiger partial charge is 0.255 e. The normalized spacial score (nSPS) is 12.1. The predicted molar refractivity (Wildman–Crippen MR) is 194 cm³/mol. The Morgan fingerprint density at radius 2 is 1.49 bits per heavy atom. The molecule has 5 aromatic rings. The molecule has 0 saturated heterocycles. The van der Waals surface area contributed by atoms with Crippen molar-refractivity contribution in [3.63, 3.8) is 0 Å². The number of benzene rings is 5. The second-order valence-corrected chi connectivity index (χ2v) is 14.3. The number of hydrogen-bond donors (Lipinski definition) is 2. The Bertz CT molecular complexity index is 1920. The molecular weight excluding hydrogens is 656 g/mol. The van der Waals surface area contributed by atoms with Gasteiger partial charge in [0.2, 0.25) is 9.84 Å². The van der Waals surface area contributed by atoms with Gasteiger partial charge in [-0.2, -0.15) is 0 Å². The Hall–Kier alpha value is -4.47. The van der Waals surface area contributed by atoms with E-state index in [1.54, 1.807) is 30.3 Å². The Labute approximate surface area is 294 Å². The Kier molecular flexibility index (Phi) is 12.6. The molecule has 7 nitrogen and oxygen atoms in total. The summed E-state index contributed by atoms with van der Waals surface area (Å²) in [5.74, 6) is -0.0786. The van der Waals surface area contributed by atoms with Crippen LogP contribution in [0.1, 0.15) is 52.1 Å². The van der Waals surface area contributed by atoms with Crippen molar-refractivity contribution in [2.75, 3.05) is 19.6 Å². The number of nitrogens with one attached hydrogen (secondary N) is 1. The molecule has 254 valence electrons. The highest BCUT2D eigenvalue weighted by atomic mass is 35.5. The van der Waals surface area contributed by atoms with Gasteiger partial charge in [-0.3, -0.25) is 9.69 Å². The van der Waals surface area contributed by atoms with Crippen LogP contribution in [0.2, 0.25) is 5.02 Å². The first-order chi connectivity index (χ1) is 23.7. The molecule has 2 N–H and O–H groups in total. The number of hydrogen-bond acceptors (Lipinski definition) is 6. The van der Waals surface area contributed by atoms with Crippen LogP contribution in [-0.2, 0) is 29.4 Å². The Morgan fingerprint density at radius 1 is 0.816 bits per heavy atom. The number of nitrogens with zero attached hydrogens (tertiary/aromatic N) is 1. The first-order valence-electron chi connectivity index (χ1n) is 16.4. The number of aliphatic hydroxyl groups is 1. The van der Waals surface area contributed by atoms with Crippen LogP contribution in [0, 0.1) is 0 Å². The fraction of sp³-hybridized carbons (Fsp3) is 0.225. The van der Waals surface area contributed by atoms with Gasteiger partial charge in [-0.15, -0.1) is 0 Å². The second-order valence-electron chi connectivity index (χ2n) is 11.9. The topological polar surface area (TPSA) is 95.9 Å². The molecule has 49 heavy (non-hydrogen) atoms. The number of carbonyl (C=O) groups is 1. The number of halogens is 1. The second kappa shape index (κ2) is 17.3. The number of amides is 1. The molecule has 5 rings (SSSR count).